The van der Waals surface area contributed by atoms with Crippen molar-refractivity contribution < 1.29 is 23.8 Å². The zero-order chi connectivity index (χ0) is 24.9. The Labute approximate surface area is 211 Å². The number of thiophene rings is 1. The maximum Gasteiger partial charge on any atom is 0.341 e. The number of amides is 1. The zero-order valence-corrected chi connectivity index (χ0v) is 21.3. The predicted octanol–water partition coefficient (Wildman–Crippen LogP) is 6.29. The maximum atomic E-state index is 13.2. The van der Waals surface area contributed by atoms with Gasteiger partial charge in [-0.2, -0.15) is 0 Å². The standard InChI is InChI=1S/C26H24N2O5S2/c1-5-33-26(30)21-18(17-11-12-19(31-3)20(13-17)32-4)14-34-25(21)28-23(29)22-15(2)27-24(35-22)16-9-7-6-8-10-16/h6-14H,5H2,1-4H3,(H,28,29). The highest BCUT2D eigenvalue weighted by atomic mass is 32.1. The van der Waals surface area contributed by atoms with Crippen molar-refractivity contribution in [1.82, 2.24) is 4.98 Å². The molecule has 7 nitrogen and oxygen atoms in total. The molecular formula is C26H24N2O5S2. The normalized spacial score (nSPS) is 10.6. The van der Waals surface area contributed by atoms with E-state index in [-0.39, 0.29) is 12.5 Å². The molecule has 2 heterocycles. The number of methoxy groups -OCH3 is 2. The summed E-state index contributed by atoms with van der Waals surface area (Å²) in [5.74, 6) is 0.270. The first-order valence-corrected chi connectivity index (χ1v) is 12.5. The maximum absolute atomic E-state index is 13.2. The fourth-order valence-electron chi connectivity index (χ4n) is 3.54. The number of nitrogens with one attached hydrogen (secondary N) is 1. The van der Waals surface area contributed by atoms with Crippen LogP contribution < -0.4 is 14.8 Å². The van der Waals surface area contributed by atoms with Crippen LogP contribution in [0, 0.1) is 6.92 Å². The van der Waals surface area contributed by atoms with Crippen molar-refractivity contribution in [2.45, 2.75) is 13.8 Å². The van der Waals surface area contributed by atoms with E-state index in [1.54, 1.807) is 40.2 Å². The number of anilines is 1. The van der Waals surface area contributed by atoms with Crippen LogP contribution >= 0.6 is 22.7 Å². The lowest BCUT2D eigenvalue weighted by molar-refractivity contribution is 0.0529. The van der Waals surface area contributed by atoms with Gasteiger partial charge in [-0.05, 0) is 31.5 Å². The van der Waals surface area contributed by atoms with Crippen molar-refractivity contribution >= 4 is 39.6 Å². The Bertz CT molecular complexity index is 1360. The summed E-state index contributed by atoms with van der Waals surface area (Å²) in [6, 6.07) is 15.1. The molecule has 2 aromatic carbocycles. The molecule has 4 aromatic rings. The summed E-state index contributed by atoms with van der Waals surface area (Å²) in [6.45, 7) is 3.75. The fraction of sp³-hybridized carbons (Fsp3) is 0.192. The van der Waals surface area contributed by atoms with Crippen molar-refractivity contribution in [1.29, 1.82) is 0 Å². The van der Waals surface area contributed by atoms with Crippen LogP contribution in [-0.2, 0) is 4.74 Å². The van der Waals surface area contributed by atoms with E-state index in [2.05, 4.69) is 10.3 Å². The largest absolute Gasteiger partial charge is 0.493 e. The topological polar surface area (TPSA) is 86.8 Å². The lowest BCUT2D eigenvalue weighted by Crippen LogP contribution is -2.14. The van der Waals surface area contributed by atoms with Crippen LogP contribution in [-0.4, -0.2) is 37.7 Å². The Morgan fingerprint density at radius 3 is 2.43 bits per heavy atom. The number of carbonyl (C=O) groups is 2. The van der Waals surface area contributed by atoms with E-state index in [1.165, 1.54) is 22.7 Å². The van der Waals surface area contributed by atoms with Gasteiger partial charge in [-0.1, -0.05) is 36.4 Å². The number of benzene rings is 2. The summed E-state index contributed by atoms with van der Waals surface area (Å²) in [5.41, 5.74) is 3.24. The molecule has 0 saturated heterocycles. The van der Waals surface area contributed by atoms with E-state index in [9.17, 15) is 9.59 Å². The quantitative estimate of drug-likeness (QED) is 0.281. The van der Waals surface area contributed by atoms with E-state index in [1.807, 2.05) is 41.8 Å². The minimum atomic E-state index is -0.514. The number of aryl methyl sites for hydroxylation is 1. The van der Waals surface area contributed by atoms with Gasteiger partial charge in [-0.3, -0.25) is 4.79 Å². The first-order valence-electron chi connectivity index (χ1n) is 10.8. The molecule has 0 unspecified atom stereocenters. The SMILES string of the molecule is CCOC(=O)c1c(-c2ccc(OC)c(OC)c2)csc1NC(=O)c1sc(-c2ccccc2)nc1C. The highest BCUT2D eigenvalue weighted by Crippen LogP contribution is 2.40. The molecule has 2 aromatic heterocycles. The second kappa shape index (κ2) is 10.7. The molecule has 35 heavy (non-hydrogen) atoms. The van der Waals surface area contributed by atoms with Gasteiger partial charge in [0.15, 0.2) is 11.5 Å². The van der Waals surface area contributed by atoms with Crippen molar-refractivity contribution in [2.24, 2.45) is 0 Å². The monoisotopic (exact) mass is 508 g/mol. The number of rotatable bonds is 8. The molecule has 0 saturated carbocycles. The fourth-order valence-corrected chi connectivity index (χ4v) is 5.46. The van der Waals surface area contributed by atoms with Crippen LogP contribution in [0.1, 0.15) is 32.6 Å². The molecule has 1 N–H and O–H groups in total. The number of hydrogen-bond acceptors (Lipinski definition) is 8. The molecule has 0 radical (unpaired) electrons. The van der Waals surface area contributed by atoms with Crippen molar-refractivity contribution in [3.8, 4) is 33.2 Å². The second-order valence-electron chi connectivity index (χ2n) is 7.40. The van der Waals surface area contributed by atoms with E-state index in [0.717, 1.165) is 16.1 Å². The summed E-state index contributed by atoms with van der Waals surface area (Å²) in [6.07, 6.45) is 0. The summed E-state index contributed by atoms with van der Waals surface area (Å²) < 4.78 is 16.0. The van der Waals surface area contributed by atoms with Gasteiger partial charge in [0.05, 0.1) is 26.5 Å². The Kier molecular flexibility index (Phi) is 7.48. The Balaban J connectivity index is 1.69. The third-order valence-electron chi connectivity index (χ3n) is 5.22. The molecule has 1 amide bonds. The Hall–Kier alpha value is -3.69. The van der Waals surface area contributed by atoms with Gasteiger partial charge in [-0.25, -0.2) is 9.78 Å². The third-order valence-corrected chi connectivity index (χ3v) is 7.32. The van der Waals surface area contributed by atoms with Crippen LogP contribution in [0.2, 0.25) is 0 Å². The van der Waals surface area contributed by atoms with Crippen LogP contribution in [0.5, 0.6) is 11.5 Å². The number of carbonyl (C=O) groups excluding carboxylic acids is 2. The van der Waals surface area contributed by atoms with Gasteiger partial charge in [0.1, 0.15) is 20.4 Å². The number of esters is 1. The summed E-state index contributed by atoms with van der Waals surface area (Å²) in [5, 5.41) is 5.89. The van der Waals surface area contributed by atoms with E-state index in [4.69, 9.17) is 14.2 Å². The minimum Gasteiger partial charge on any atom is -0.493 e. The molecule has 0 aliphatic rings. The van der Waals surface area contributed by atoms with Crippen molar-refractivity contribution in [3.63, 3.8) is 0 Å². The first kappa shape index (κ1) is 24.4. The molecule has 0 bridgehead atoms. The van der Waals surface area contributed by atoms with Gasteiger partial charge < -0.3 is 19.5 Å². The van der Waals surface area contributed by atoms with Crippen molar-refractivity contribution in [3.05, 3.63) is 70.0 Å². The minimum absolute atomic E-state index is 0.210. The summed E-state index contributed by atoms with van der Waals surface area (Å²) in [7, 11) is 3.11. The van der Waals surface area contributed by atoms with Crippen LogP contribution in [0.15, 0.2) is 53.9 Å². The smallest absolute Gasteiger partial charge is 0.341 e. The number of nitrogens with zero attached hydrogens (tertiary/aromatic N) is 1. The van der Waals surface area contributed by atoms with E-state index in [0.29, 0.717) is 38.2 Å². The lowest BCUT2D eigenvalue weighted by atomic mass is 10.0. The van der Waals surface area contributed by atoms with Gasteiger partial charge in [-0.15, -0.1) is 22.7 Å². The molecule has 0 aliphatic carbocycles. The van der Waals surface area contributed by atoms with E-state index < -0.39 is 5.97 Å². The Morgan fingerprint density at radius 1 is 1.00 bits per heavy atom. The average Bonchev–Trinajstić information content (AvgIpc) is 3.48. The molecule has 4 rings (SSSR count). The zero-order valence-electron chi connectivity index (χ0n) is 19.7. The van der Waals surface area contributed by atoms with Gasteiger partial charge >= 0.3 is 5.97 Å². The predicted molar refractivity (Wildman–Crippen MR) is 139 cm³/mol. The number of ether oxygens (including phenoxy) is 3. The van der Waals surface area contributed by atoms with Crippen LogP contribution in [0.3, 0.4) is 0 Å². The highest BCUT2D eigenvalue weighted by Gasteiger charge is 2.25. The van der Waals surface area contributed by atoms with E-state index >= 15 is 0 Å². The second-order valence-corrected chi connectivity index (χ2v) is 9.28. The molecule has 9 heteroatoms. The molecule has 180 valence electrons. The number of aromatic nitrogens is 1. The number of thiazole rings is 1. The average molecular weight is 509 g/mol. The molecule has 0 fully saturated rings. The van der Waals surface area contributed by atoms with Gasteiger partial charge in [0, 0.05) is 16.5 Å². The first-order chi connectivity index (χ1) is 17.0. The lowest BCUT2D eigenvalue weighted by Gasteiger charge is -2.11. The highest BCUT2D eigenvalue weighted by molar-refractivity contribution is 7.17. The van der Waals surface area contributed by atoms with Gasteiger partial charge in [0.25, 0.3) is 5.91 Å². The van der Waals surface area contributed by atoms with Crippen LogP contribution in [0.25, 0.3) is 21.7 Å². The molecule has 0 aliphatic heterocycles. The van der Waals surface area contributed by atoms with Crippen LogP contribution in [0.4, 0.5) is 5.00 Å². The van der Waals surface area contributed by atoms with Gasteiger partial charge in [0.2, 0.25) is 0 Å². The molecule has 0 atom stereocenters. The Morgan fingerprint density at radius 2 is 1.74 bits per heavy atom. The molecule has 0 spiro atoms. The molecular weight excluding hydrogens is 484 g/mol. The summed E-state index contributed by atoms with van der Waals surface area (Å²) in [4.78, 5) is 31.2. The third kappa shape index (κ3) is 5.06. The number of hydrogen-bond donors (Lipinski definition) is 1. The van der Waals surface area contributed by atoms with Crippen molar-refractivity contribution in [2.75, 3.05) is 26.1 Å². The summed E-state index contributed by atoms with van der Waals surface area (Å²) >= 11 is 2.57.